The molecule has 0 aromatic carbocycles. The van der Waals surface area contributed by atoms with Crippen LogP contribution in [0.15, 0.2) is 18.2 Å². The molecule has 1 radical (unpaired) electrons. The van der Waals surface area contributed by atoms with E-state index < -0.39 is 11.9 Å². The standard InChI is InChI=1S/C9H6F3N2S/c1-14-6(7-3-2-4-15-7)5-8(13-14)9(10,11)12/h2-3,5H,1H3. The average molecular weight is 231 g/mol. The Morgan fingerprint density at radius 1 is 1.47 bits per heavy atom. The van der Waals surface area contributed by atoms with Crippen LogP contribution in [0.4, 0.5) is 13.2 Å². The van der Waals surface area contributed by atoms with Gasteiger partial charge in [0.15, 0.2) is 5.69 Å². The molecule has 0 amide bonds. The third-order valence-corrected chi connectivity index (χ3v) is 2.71. The quantitative estimate of drug-likeness (QED) is 0.737. The van der Waals surface area contributed by atoms with Crippen molar-refractivity contribution < 1.29 is 13.2 Å². The zero-order valence-corrected chi connectivity index (χ0v) is 8.49. The van der Waals surface area contributed by atoms with Crippen molar-refractivity contribution in [3.63, 3.8) is 0 Å². The lowest BCUT2D eigenvalue weighted by molar-refractivity contribution is -0.141. The van der Waals surface area contributed by atoms with Crippen LogP contribution in [0.5, 0.6) is 0 Å². The van der Waals surface area contributed by atoms with Crippen molar-refractivity contribution in [1.29, 1.82) is 0 Å². The molecule has 0 bridgehead atoms. The first-order chi connectivity index (χ1) is 6.98. The monoisotopic (exact) mass is 231 g/mol. The first-order valence-electron chi connectivity index (χ1n) is 4.06. The summed E-state index contributed by atoms with van der Waals surface area (Å²) in [6, 6.07) is 4.42. The Balaban J connectivity index is 2.47. The van der Waals surface area contributed by atoms with Crippen molar-refractivity contribution in [2.24, 2.45) is 7.05 Å². The molecule has 2 aromatic heterocycles. The van der Waals surface area contributed by atoms with E-state index >= 15 is 0 Å². The number of alkyl halides is 3. The fourth-order valence-electron chi connectivity index (χ4n) is 1.22. The number of aryl methyl sites for hydroxylation is 1. The maximum Gasteiger partial charge on any atom is 0.435 e. The molecular formula is C9H6F3N2S. The van der Waals surface area contributed by atoms with Crippen LogP contribution in [0.25, 0.3) is 10.6 Å². The lowest BCUT2D eigenvalue weighted by Gasteiger charge is -1.98. The SMILES string of the molecule is Cn1nc(C(F)(F)F)cc1-c1cc[c]s1. The molecule has 0 unspecified atom stereocenters. The van der Waals surface area contributed by atoms with E-state index in [2.05, 4.69) is 10.5 Å². The Hall–Kier alpha value is -1.30. The molecule has 0 fully saturated rings. The molecule has 0 saturated heterocycles. The number of hydrogen-bond donors (Lipinski definition) is 0. The summed E-state index contributed by atoms with van der Waals surface area (Å²) in [5.41, 5.74) is -0.415. The van der Waals surface area contributed by atoms with Gasteiger partial charge in [-0.2, -0.15) is 18.3 Å². The summed E-state index contributed by atoms with van der Waals surface area (Å²) < 4.78 is 38.3. The van der Waals surface area contributed by atoms with Crippen LogP contribution >= 0.6 is 11.3 Å². The molecule has 2 heterocycles. The molecule has 0 saturated carbocycles. The number of halogens is 3. The van der Waals surface area contributed by atoms with Crippen LogP contribution in [0.1, 0.15) is 5.69 Å². The van der Waals surface area contributed by atoms with E-state index in [-0.39, 0.29) is 0 Å². The van der Waals surface area contributed by atoms with Crippen molar-refractivity contribution in [2.45, 2.75) is 6.18 Å². The summed E-state index contributed by atoms with van der Waals surface area (Å²) in [7, 11) is 1.49. The Kier molecular flexibility index (Phi) is 2.30. The molecular weight excluding hydrogens is 225 g/mol. The van der Waals surface area contributed by atoms with Gasteiger partial charge in [-0.3, -0.25) is 4.68 Å². The highest BCUT2D eigenvalue weighted by Crippen LogP contribution is 2.32. The highest BCUT2D eigenvalue weighted by molar-refractivity contribution is 7.13. The summed E-state index contributed by atoms with van der Waals surface area (Å²) in [5, 5.41) is 6.25. The average Bonchev–Trinajstić information content (AvgIpc) is 2.69. The van der Waals surface area contributed by atoms with Crippen LogP contribution in [0, 0.1) is 5.38 Å². The van der Waals surface area contributed by atoms with Crippen molar-refractivity contribution in [2.75, 3.05) is 0 Å². The molecule has 0 N–H and O–H groups in total. The van der Waals surface area contributed by atoms with E-state index in [0.29, 0.717) is 5.69 Å². The third kappa shape index (κ3) is 1.90. The van der Waals surface area contributed by atoms with Crippen LogP contribution < -0.4 is 0 Å². The van der Waals surface area contributed by atoms with Gasteiger partial charge in [0.05, 0.1) is 10.6 Å². The molecule has 79 valence electrons. The zero-order chi connectivity index (χ0) is 11.1. The smallest absolute Gasteiger partial charge is 0.267 e. The lowest BCUT2D eigenvalue weighted by atomic mass is 10.3. The van der Waals surface area contributed by atoms with E-state index in [1.54, 1.807) is 12.1 Å². The predicted octanol–water partition coefficient (Wildman–Crippen LogP) is 2.97. The second-order valence-corrected chi connectivity index (χ2v) is 3.83. The molecule has 0 aliphatic heterocycles. The first-order valence-corrected chi connectivity index (χ1v) is 4.87. The van der Waals surface area contributed by atoms with Gasteiger partial charge < -0.3 is 0 Å². The van der Waals surface area contributed by atoms with E-state index in [4.69, 9.17) is 0 Å². The molecule has 0 spiro atoms. The number of thiophene rings is 1. The summed E-state index contributed by atoms with van der Waals surface area (Å²) in [6.45, 7) is 0. The van der Waals surface area contributed by atoms with E-state index in [1.165, 1.54) is 23.1 Å². The van der Waals surface area contributed by atoms with Crippen LogP contribution in [-0.4, -0.2) is 9.78 Å². The third-order valence-electron chi connectivity index (χ3n) is 1.89. The number of aromatic nitrogens is 2. The predicted molar refractivity (Wildman–Crippen MR) is 50.4 cm³/mol. The Morgan fingerprint density at radius 2 is 2.20 bits per heavy atom. The molecule has 6 heteroatoms. The molecule has 0 aliphatic rings. The fraction of sp³-hybridized carbons (Fsp3) is 0.222. The maximum absolute atomic E-state index is 12.3. The van der Waals surface area contributed by atoms with Gasteiger partial charge >= 0.3 is 6.18 Å². The van der Waals surface area contributed by atoms with E-state index in [9.17, 15) is 13.2 Å². The van der Waals surface area contributed by atoms with Crippen molar-refractivity contribution in [3.05, 3.63) is 29.3 Å². The molecule has 2 nitrogen and oxygen atoms in total. The molecule has 0 atom stereocenters. The Morgan fingerprint density at radius 3 is 2.67 bits per heavy atom. The second-order valence-electron chi connectivity index (χ2n) is 2.95. The minimum absolute atomic E-state index is 0.452. The van der Waals surface area contributed by atoms with Gasteiger partial charge in [0, 0.05) is 12.4 Å². The van der Waals surface area contributed by atoms with E-state index in [1.807, 2.05) is 0 Å². The minimum atomic E-state index is -4.39. The Labute approximate surface area is 88.0 Å². The van der Waals surface area contributed by atoms with Gasteiger partial charge in [-0.25, -0.2) is 0 Å². The largest absolute Gasteiger partial charge is 0.435 e. The minimum Gasteiger partial charge on any atom is -0.267 e. The van der Waals surface area contributed by atoms with Gasteiger partial charge in [-0.1, -0.05) is 0 Å². The number of hydrogen-bond acceptors (Lipinski definition) is 2. The van der Waals surface area contributed by atoms with Crippen molar-refractivity contribution >= 4 is 11.3 Å². The lowest BCUT2D eigenvalue weighted by Crippen LogP contribution is -2.06. The normalized spacial score (nSPS) is 12.0. The highest BCUT2D eigenvalue weighted by atomic mass is 32.1. The number of nitrogens with zero attached hydrogens (tertiary/aromatic N) is 2. The summed E-state index contributed by atoms with van der Waals surface area (Å²) in [4.78, 5) is 0.723. The Bertz CT molecular complexity index is 456. The van der Waals surface area contributed by atoms with Crippen LogP contribution in [-0.2, 0) is 13.2 Å². The van der Waals surface area contributed by atoms with Gasteiger partial charge in [-0.15, -0.1) is 11.3 Å². The zero-order valence-electron chi connectivity index (χ0n) is 7.67. The van der Waals surface area contributed by atoms with E-state index in [0.717, 1.165) is 10.9 Å². The van der Waals surface area contributed by atoms with Gasteiger partial charge in [0.1, 0.15) is 0 Å². The van der Waals surface area contributed by atoms with Crippen molar-refractivity contribution in [3.8, 4) is 10.6 Å². The molecule has 2 aromatic rings. The van der Waals surface area contributed by atoms with Gasteiger partial charge in [0.25, 0.3) is 0 Å². The second kappa shape index (κ2) is 3.37. The summed E-state index contributed by atoms with van der Waals surface area (Å²) in [5.74, 6) is 0. The summed E-state index contributed by atoms with van der Waals surface area (Å²) >= 11 is 1.26. The number of rotatable bonds is 1. The first kappa shape index (κ1) is 10.2. The fourth-order valence-corrected chi connectivity index (χ4v) is 1.91. The topological polar surface area (TPSA) is 17.8 Å². The summed E-state index contributed by atoms with van der Waals surface area (Å²) in [6.07, 6.45) is -4.39. The molecule has 2 rings (SSSR count). The molecule has 15 heavy (non-hydrogen) atoms. The molecule has 0 aliphatic carbocycles. The van der Waals surface area contributed by atoms with Crippen molar-refractivity contribution in [1.82, 2.24) is 9.78 Å². The highest BCUT2D eigenvalue weighted by Gasteiger charge is 2.34. The van der Waals surface area contributed by atoms with Crippen LogP contribution in [0.2, 0.25) is 0 Å². The van der Waals surface area contributed by atoms with Crippen LogP contribution in [0.3, 0.4) is 0 Å². The maximum atomic E-state index is 12.3. The van der Waals surface area contributed by atoms with Gasteiger partial charge in [-0.05, 0) is 18.2 Å². The van der Waals surface area contributed by atoms with Gasteiger partial charge in [0.2, 0.25) is 0 Å².